The SMILES string of the molecule is CCN(CC)CCCNS(=O)(=O)c1ccc(-c2[nH]c(O)c3c2C(=O)c2ccccc2C3=N)cc1. The van der Waals surface area contributed by atoms with Gasteiger partial charge in [-0.1, -0.05) is 50.2 Å². The largest absolute Gasteiger partial charge is 0.494 e. The van der Waals surface area contributed by atoms with Gasteiger partial charge >= 0.3 is 0 Å². The second-order valence-electron chi connectivity index (χ2n) is 8.15. The molecule has 9 heteroatoms. The Bertz CT molecular complexity index is 1340. The van der Waals surface area contributed by atoms with Crippen LogP contribution in [0.25, 0.3) is 11.3 Å². The quantitative estimate of drug-likeness (QED) is 0.273. The van der Waals surface area contributed by atoms with Crippen molar-refractivity contribution in [2.75, 3.05) is 26.2 Å². The number of nitrogens with zero attached hydrogens (tertiary/aromatic N) is 1. The van der Waals surface area contributed by atoms with E-state index in [9.17, 15) is 18.3 Å². The van der Waals surface area contributed by atoms with Gasteiger partial charge in [0.2, 0.25) is 10.0 Å². The molecule has 0 saturated carbocycles. The molecule has 0 atom stereocenters. The van der Waals surface area contributed by atoms with Crippen molar-refractivity contribution in [3.63, 3.8) is 0 Å². The Hall–Kier alpha value is -3.27. The predicted molar refractivity (Wildman–Crippen MR) is 131 cm³/mol. The number of benzene rings is 2. The van der Waals surface area contributed by atoms with E-state index in [4.69, 9.17) is 5.41 Å². The van der Waals surface area contributed by atoms with Gasteiger partial charge in [0.25, 0.3) is 0 Å². The van der Waals surface area contributed by atoms with Gasteiger partial charge in [0.05, 0.1) is 27.4 Å². The van der Waals surface area contributed by atoms with E-state index < -0.39 is 10.0 Å². The van der Waals surface area contributed by atoms with Crippen LogP contribution in [0.4, 0.5) is 0 Å². The van der Waals surface area contributed by atoms with Gasteiger partial charge in [0.1, 0.15) is 0 Å². The normalized spacial score (nSPS) is 13.3. The van der Waals surface area contributed by atoms with Crippen molar-refractivity contribution in [2.24, 2.45) is 0 Å². The Labute approximate surface area is 199 Å². The van der Waals surface area contributed by atoms with E-state index in [2.05, 4.69) is 28.5 Å². The lowest BCUT2D eigenvalue weighted by Gasteiger charge is -2.18. The molecule has 34 heavy (non-hydrogen) atoms. The lowest BCUT2D eigenvalue weighted by atomic mass is 9.84. The Kier molecular flexibility index (Phi) is 6.70. The number of carbonyl (C=O) groups excluding carboxylic acids is 1. The number of sulfonamides is 1. The van der Waals surface area contributed by atoms with Crippen molar-refractivity contribution in [1.29, 1.82) is 5.41 Å². The molecule has 3 aromatic rings. The Morgan fingerprint density at radius 2 is 1.65 bits per heavy atom. The van der Waals surface area contributed by atoms with Crippen molar-refractivity contribution in [2.45, 2.75) is 25.2 Å². The molecule has 0 unspecified atom stereocenters. The maximum Gasteiger partial charge on any atom is 0.240 e. The monoisotopic (exact) mass is 480 g/mol. The third-order valence-electron chi connectivity index (χ3n) is 6.19. The number of rotatable bonds is 9. The summed E-state index contributed by atoms with van der Waals surface area (Å²) in [4.78, 5) is 18.4. The summed E-state index contributed by atoms with van der Waals surface area (Å²) < 4.78 is 28.0. The third-order valence-corrected chi connectivity index (χ3v) is 7.67. The van der Waals surface area contributed by atoms with E-state index in [-0.39, 0.29) is 33.4 Å². The Balaban J connectivity index is 1.57. The minimum atomic E-state index is -3.67. The first-order valence-corrected chi connectivity index (χ1v) is 12.8. The summed E-state index contributed by atoms with van der Waals surface area (Å²) in [6.45, 7) is 7.17. The van der Waals surface area contributed by atoms with Crippen LogP contribution in [0.3, 0.4) is 0 Å². The highest BCUT2D eigenvalue weighted by atomic mass is 32.2. The number of aromatic hydroxyl groups is 1. The first-order chi connectivity index (χ1) is 16.3. The van der Waals surface area contributed by atoms with Gasteiger partial charge in [-0.2, -0.15) is 0 Å². The summed E-state index contributed by atoms with van der Waals surface area (Å²) in [7, 11) is -3.67. The zero-order chi connectivity index (χ0) is 24.5. The van der Waals surface area contributed by atoms with Gasteiger partial charge in [0.15, 0.2) is 11.7 Å². The molecule has 178 valence electrons. The molecule has 0 radical (unpaired) electrons. The van der Waals surface area contributed by atoms with Crippen LogP contribution in [0.15, 0.2) is 53.4 Å². The number of H-pyrrole nitrogens is 1. The molecule has 0 amide bonds. The van der Waals surface area contributed by atoms with Crippen LogP contribution in [0.2, 0.25) is 0 Å². The molecule has 0 spiro atoms. The van der Waals surface area contributed by atoms with E-state index in [0.717, 1.165) is 19.6 Å². The topological polar surface area (TPSA) is 126 Å². The third kappa shape index (κ3) is 4.29. The number of fused-ring (bicyclic) bond motifs is 2. The summed E-state index contributed by atoms with van der Waals surface area (Å²) >= 11 is 0. The van der Waals surface area contributed by atoms with Gasteiger partial charge in [-0.15, -0.1) is 0 Å². The maximum atomic E-state index is 13.2. The molecule has 0 aliphatic heterocycles. The minimum Gasteiger partial charge on any atom is -0.494 e. The molecular formula is C25H28N4O4S. The summed E-state index contributed by atoms with van der Waals surface area (Å²) in [6.07, 6.45) is 0.711. The van der Waals surface area contributed by atoms with E-state index >= 15 is 0 Å². The van der Waals surface area contributed by atoms with Crippen LogP contribution in [-0.4, -0.2) is 61.1 Å². The smallest absolute Gasteiger partial charge is 0.240 e. The average Bonchev–Trinajstić information content (AvgIpc) is 3.20. The molecule has 4 N–H and O–H groups in total. The first kappa shape index (κ1) is 23.9. The predicted octanol–water partition coefficient (Wildman–Crippen LogP) is 3.36. The average molecular weight is 481 g/mol. The van der Waals surface area contributed by atoms with Crippen molar-refractivity contribution < 1.29 is 18.3 Å². The highest BCUT2D eigenvalue weighted by Crippen LogP contribution is 2.39. The van der Waals surface area contributed by atoms with Crippen molar-refractivity contribution >= 4 is 21.5 Å². The molecule has 8 nitrogen and oxygen atoms in total. The number of aromatic nitrogens is 1. The zero-order valence-corrected chi connectivity index (χ0v) is 20.0. The Morgan fingerprint density at radius 3 is 2.29 bits per heavy atom. The number of nitrogens with one attached hydrogen (secondary N) is 3. The molecule has 2 aromatic carbocycles. The van der Waals surface area contributed by atoms with Gasteiger partial charge in [-0.3, -0.25) is 10.2 Å². The van der Waals surface area contributed by atoms with Crippen molar-refractivity contribution in [3.8, 4) is 17.1 Å². The van der Waals surface area contributed by atoms with Crippen LogP contribution >= 0.6 is 0 Å². The second kappa shape index (κ2) is 9.54. The summed E-state index contributed by atoms with van der Waals surface area (Å²) in [5, 5.41) is 19.0. The van der Waals surface area contributed by atoms with Crippen LogP contribution < -0.4 is 4.72 Å². The molecule has 0 fully saturated rings. The van der Waals surface area contributed by atoms with Gasteiger partial charge in [-0.25, -0.2) is 13.1 Å². The number of ketones is 1. The minimum absolute atomic E-state index is 0.0679. The lowest BCUT2D eigenvalue weighted by Crippen LogP contribution is -2.30. The van der Waals surface area contributed by atoms with Crippen LogP contribution in [0, 0.1) is 5.41 Å². The van der Waals surface area contributed by atoms with E-state index in [1.54, 1.807) is 36.4 Å². The van der Waals surface area contributed by atoms with Crippen LogP contribution in [0.1, 0.15) is 47.3 Å². The molecule has 4 rings (SSSR count). The van der Waals surface area contributed by atoms with E-state index in [1.165, 1.54) is 12.1 Å². The van der Waals surface area contributed by atoms with Gasteiger partial charge in [-0.05, 0) is 43.8 Å². The Morgan fingerprint density at radius 1 is 1.00 bits per heavy atom. The lowest BCUT2D eigenvalue weighted by molar-refractivity contribution is 0.103. The summed E-state index contributed by atoms with van der Waals surface area (Å²) in [5.74, 6) is -0.552. The number of aromatic amines is 1. The van der Waals surface area contributed by atoms with Gasteiger partial charge < -0.3 is 15.0 Å². The fraction of sp³-hybridized carbons (Fsp3) is 0.280. The fourth-order valence-corrected chi connectivity index (χ4v) is 5.35. The fourth-order valence-electron chi connectivity index (χ4n) is 4.28. The highest BCUT2D eigenvalue weighted by Gasteiger charge is 2.34. The molecule has 1 aliphatic carbocycles. The second-order valence-corrected chi connectivity index (χ2v) is 9.92. The molecule has 0 saturated heterocycles. The summed E-state index contributed by atoms with van der Waals surface area (Å²) in [5.41, 5.74) is 2.20. The molecule has 0 bridgehead atoms. The van der Waals surface area contributed by atoms with Gasteiger partial charge in [0, 0.05) is 17.7 Å². The first-order valence-electron chi connectivity index (χ1n) is 11.3. The standard InChI is InChI=1S/C25H28N4O4S/c1-3-29(4-2)15-7-14-27-34(32,33)17-12-10-16(11-13-17)23-21-20(25(31)28-23)22(26)18-8-5-6-9-19(18)24(21)30/h5-6,8-13,26-28,31H,3-4,7,14-15H2,1-2H3. The highest BCUT2D eigenvalue weighted by molar-refractivity contribution is 7.89. The molecule has 1 aliphatic rings. The van der Waals surface area contributed by atoms with Crippen molar-refractivity contribution in [1.82, 2.24) is 14.6 Å². The molecular weight excluding hydrogens is 452 g/mol. The van der Waals surface area contributed by atoms with Crippen LogP contribution in [-0.2, 0) is 10.0 Å². The maximum absolute atomic E-state index is 13.2. The zero-order valence-electron chi connectivity index (χ0n) is 19.2. The molecule has 1 heterocycles. The van der Waals surface area contributed by atoms with Crippen LogP contribution in [0.5, 0.6) is 5.88 Å². The molecule has 1 aromatic heterocycles. The van der Waals surface area contributed by atoms with Crippen molar-refractivity contribution in [3.05, 3.63) is 70.8 Å². The number of hydrogen-bond acceptors (Lipinski definition) is 6. The van der Waals surface area contributed by atoms with E-state index in [1.807, 2.05) is 0 Å². The summed E-state index contributed by atoms with van der Waals surface area (Å²) in [6, 6.07) is 12.9. The number of hydrogen-bond donors (Lipinski definition) is 4. The number of carbonyl (C=O) groups is 1. The van der Waals surface area contributed by atoms with E-state index in [0.29, 0.717) is 35.3 Å².